The van der Waals surface area contributed by atoms with Crippen LogP contribution in [0.4, 0.5) is 4.79 Å². The van der Waals surface area contributed by atoms with Gasteiger partial charge in [0.25, 0.3) is 0 Å². The molecule has 0 spiro atoms. The summed E-state index contributed by atoms with van der Waals surface area (Å²) in [6, 6.07) is 0. The normalized spacial score (nSPS) is 11.3. The Morgan fingerprint density at radius 3 is 1.67 bits per heavy atom. The minimum absolute atomic E-state index is 0.0920. The fourth-order valence-electron chi connectivity index (χ4n) is 0.890. The van der Waals surface area contributed by atoms with E-state index in [1.807, 2.05) is 6.92 Å². The molecular weight excluding hydrogens is 232 g/mol. The maximum atomic E-state index is 10.6. The molecular formula is C14H30O4. The zero-order valence-electron chi connectivity index (χ0n) is 13.3. The van der Waals surface area contributed by atoms with Gasteiger partial charge in [-0.3, -0.25) is 0 Å². The summed E-state index contributed by atoms with van der Waals surface area (Å²) in [4.78, 5) is 10.6. The highest BCUT2D eigenvalue weighted by atomic mass is 16.7. The van der Waals surface area contributed by atoms with Crippen LogP contribution in [0.5, 0.6) is 0 Å². The van der Waals surface area contributed by atoms with Gasteiger partial charge in [0.05, 0.1) is 12.2 Å². The van der Waals surface area contributed by atoms with Crippen molar-refractivity contribution >= 4 is 6.16 Å². The van der Waals surface area contributed by atoms with Crippen molar-refractivity contribution in [3.63, 3.8) is 0 Å². The van der Waals surface area contributed by atoms with Gasteiger partial charge in [-0.25, -0.2) is 4.79 Å². The lowest BCUT2D eigenvalue weighted by molar-refractivity contribution is -0.0125. The van der Waals surface area contributed by atoms with Crippen molar-refractivity contribution in [2.45, 2.75) is 73.0 Å². The van der Waals surface area contributed by atoms with Crippen molar-refractivity contribution in [1.82, 2.24) is 0 Å². The molecule has 0 aliphatic rings. The molecule has 0 rings (SSSR count). The van der Waals surface area contributed by atoms with Crippen LogP contribution in [-0.2, 0) is 14.2 Å². The lowest BCUT2D eigenvalue weighted by atomic mass is 10.1. The predicted octanol–water partition coefficient (Wildman–Crippen LogP) is 4.17. The Kier molecular flexibility index (Phi) is 10.00. The van der Waals surface area contributed by atoms with Gasteiger partial charge in [0.15, 0.2) is 0 Å². The zero-order valence-corrected chi connectivity index (χ0v) is 13.3. The van der Waals surface area contributed by atoms with Crippen LogP contribution in [-0.4, -0.2) is 30.6 Å². The third kappa shape index (κ3) is 15.2. The first-order chi connectivity index (χ1) is 8.08. The molecule has 0 aromatic heterocycles. The summed E-state index contributed by atoms with van der Waals surface area (Å²) >= 11 is 0. The van der Waals surface area contributed by atoms with Gasteiger partial charge in [-0.2, -0.15) is 0 Å². The van der Waals surface area contributed by atoms with Crippen molar-refractivity contribution in [2.24, 2.45) is 0 Å². The summed E-state index contributed by atoms with van der Waals surface area (Å²) in [6.07, 6.45) is 0.482. The quantitative estimate of drug-likeness (QED) is 0.713. The first-order valence-electron chi connectivity index (χ1n) is 6.57. The van der Waals surface area contributed by atoms with Gasteiger partial charge in [-0.15, -0.1) is 0 Å². The van der Waals surface area contributed by atoms with Crippen molar-refractivity contribution in [1.29, 1.82) is 0 Å². The Balaban J connectivity index is 0. The Labute approximate surface area is 112 Å². The molecule has 18 heavy (non-hydrogen) atoms. The molecule has 0 heterocycles. The van der Waals surface area contributed by atoms with E-state index in [-0.39, 0.29) is 5.60 Å². The lowest BCUT2D eigenvalue weighted by Gasteiger charge is -2.21. The Bertz CT molecular complexity index is 216. The Morgan fingerprint density at radius 1 is 0.944 bits per heavy atom. The topological polar surface area (TPSA) is 44.8 Å². The number of carbonyl (C=O) groups is 1. The molecule has 0 unspecified atom stereocenters. The van der Waals surface area contributed by atoms with Crippen molar-refractivity contribution in [3.05, 3.63) is 0 Å². The van der Waals surface area contributed by atoms with Crippen molar-refractivity contribution in [3.8, 4) is 0 Å². The van der Waals surface area contributed by atoms with Crippen LogP contribution in [0, 0.1) is 0 Å². The molecule has 0 fully saturated rings. The molecule has 110 valence electrons. The summed E-state index contributed by atoms with van der Waals surface area (Å²) in [7, 11) is 0. The van der Waals surface area contributed by atoms with Crippen LogP contribution in [0.15, 0.2) is 0 Å². The average Bonchev–Trinajstić information content (AvgIpc) is 2.16. The summed E-state index contributed by atoms with van der Waals surface area (Å²) in [5, 5.41) is 0. The molecule has 0 atom stereocenters. The Hall–Kier alpha value is -0.770. The van der Waals surface area contributed by atoms with E-state index in [2.05, 4.69) is 25.5 Å². The second-order valence-electron chi connectivity index (χ2n) is 5.44. The average molecular weight is 262 g/mol. The number of ether oxygens (including phenoxy) is 3. The minimum atomic E-state index is -0.602. The molecule has 0 saturated heterocycles. The smallest absolute Gasteiger partial charge is 0.435 e. The van der Waals surface area contributed by atoms with E-state index in [1.165, 1.54) is 0 Å². The molecule has 0 amide bonds. The molecule has 4 heteroatoms. The van der Waals surface area contributed by atoms with Gasteiger partial charge in [-0.1, -0.05) is 6.92 Å². The third-order valence-electron chi connectivity index (χ3n) is 2.04. The van der Waals surface area contributed by atoms with Crippen molar-refractivity contribution < 1.29 is 19.0 Å². The van der Waals surface area contributed by atoms with Gasteiger partial charge < -0.3 is 14.2 Å². The van der Waals surface area contributed by atoms with Crippen LogP contribution in [0.1, 0.15) is 61.8 Å². The zero-order chi connectivity index (χ0) is 14.8. The largest absolute Gasteiger partial charge is 0.508 e. The van der Waals surface area contributed by atoms with Gasteiger partial charge in [-0.05, 0) is 54.9 Å². The highest BCUT2D eigenvalue weighted by Crippen LogP contribution is 2.12. The molecule has 0 aliphatic carbocycles. The van der Waals surface area contributed by atoms with E-state index in [4.69, 9.17) is 9.47 Å². The second-order valence-corrected chi connectivity index (χ2v) is 5.44. The van der Waals surface area contributed by atoms with Gasteiger partial charge in [0, 0.05) is 6.61 Å². The van der Waals surface area contributed by atoms with E-state index >= 15 is 0 Å². The molecule has 4 nitrogen and oxygen atoms in total. The van der Waals surface area contributed by atoms with E-state index in [9.17, 15) is 4.79 Å². The standard InChI is InChI=1S/C7H14O3.C7H16O/c1-5-9-6(8)10-7(2,3)4;1-5-7(3,4)8-6-2/h5H2,1-4H3;5-6H2,1-4H3. The third-order valence-corrected chi connectivity index (χ3v) is 2.04. The van der Waals surface area contributed by atoms with Gasteiger partial charge in [0.2, 0.25) is 0 Å². The molecule has 0 bridgehead atoms. The highest BCUT2D eigenvalue weighted by Gasteiger charge is 2.16. The summed E-state index contributed by atoms with van der Waals surface area (Å²) < 4.78 is 14.8. The number of hydrogen-bond acceptors (Lipinski definition) is 4. The molecule has 0 N–H and O–H groups in total. The van der Waals surface area contributed by atoms with E-state index in [1.54, 1.807) is 27.7 Å². The number of rotatable bonds is 4. The maximum absolute atomic E-state index is 10.6. The summed E-state index contributed by atoms with van der Waals surface area (Å²) in [5.74, 6) is 0. The molecule has 0 radical (unpaired) electrons. The highest BCUT2D eigenvalue weighted by molar-refractivity contribution is 5.60. The summed E-state index contributed by atoms with van der Waals surface area (Å²) in [6.45, 7) is 16.7. The van der Waals surface area contributed by atoms with E-state index in [0.717, 1.165) is 13.0 Å². The van der Waals surface area contributed by atoms with Gasteiger partial charge in [0.1, 0.15) is 5.60 Å². The van der Waals surface area contributed by atoms with Crippen molar-refractivity contribution in [2.75, 3.05) is 13.2 Å². The van der Waals surface area contributed by atoms with Crippen LogP contribution in [0.25, 0.3) is 0 Å². The number of carbonyl (C=O) groups excluding carboxylic acids is 1. The van der Waals surface area contributed by atoms with E-state index in [0.29, 0.717) is 6.61 Å². The first-order valence-corrected chi connectivity index (χ1v) is 6.57. The molecule has 0 saturated carbocycles. The fraction of sp³-hybridized carbons (Fsp3) is 0.929. The van der Waals surface area contributed by atoms with Crippen LogP contribution in [0.3, 0.4) is 0 Å². The molecule has 0 aromatic rings. The summed E-state index contributed by atoms with van der Waals surface area (Å²) in [5.41, 5.74) is -0.360. The van der Waals surface area contributed by atoms with E-state index < -0.39 is 11.8 Å². The second kappa shape index (κ2) is 9.20. The fourth-order valence-corrected chi connectivity index (χ4v) is 0.890. The van der Waals surface area contributed by atoms with Crippen LogP contribution < -0.4 is 0 Å². The minimum Gasteiger partial charge on any atom is -0.435 e. The molecule has 0 aliphatic heterocycles. The maximum Gasteiger partial charge on any atom is 0.508 e. The van der Waals surface area contributed by atoms with Gasteiger partial charge >= 0.3 is 6.16 Å². The molecule has 0 aromatic carbocycles. The Morgan fingerprint density at radius 2 is 1.44 bits per heavy atom. The van der Waals surface area contributed by atoms with Crippen LogP contribution in [0.2, 0.25) is 0 Å². The monoisotopic (exact) mass is 262 g/mol. The van der Waals surface area contributed by atoms with Crippen LogP contribution >= 0.6 is 0 Å². The SMILES string of the molecule is CCOC(=O)OC(C)(C)C.CCOC(C)(C)CC. The number of hydrogen-bond donors (Lipinski definition) is 0. The lowest BCUT2D eigenvalue weighted by Crippen LogP contribution is -2.24. The predicted molar refractivity (Wildman–Crippen MR) is 73.9 cm³/mol. The first kappa shape index (κ1) is 19.6.